The van der Waals surface area contributed by atoms with Crippen molar-refractivity contribution in [3.63, 3.8) is 0 Å². The zero-order valence-corrected chi connectivity index (χ0v) is 21.5. The number of hydrogen-bond acceptors (Lipinski definition) is 5. The van der Waals surface area contributed by atoms with Crippen LogP contribution in [0.2, 0.25) is 0 Å². The second-order valence-electron chi connectivity index (χ2n) is 6.78. The molecule has 1 aliphatic heterocycles. The van der Waals surface area contributed by atoms with E-state index in [4.69, 9.17) is 9.47 Å². The summed E-state index contributed by atoms with van der Waals surface area (Å²) in [7, 11) is 1.62. The number of amides is 1. The minimum Gasteiger partial charge on any atom is -0.497 e. The van der Waals surface area contributed by atoms with Crippen molar-refractivity contribution in [2.75, 3.05) is 7.11 Å². The maximum absolute atomic E-state index is 12.4. The molecule has 8 heteroatoms. The van der Waals surface area contributed by atoms with Crippen LogP contribution in [-0.4, -0.2) is 18.2 Å². The Kier molecular flexibility index (Phi) is 7.54. The van der Waals surface area contributed by atoms with Crippen LogP contribution in [0.25, 0.3) is 6.08 Å². The Morgan fingerprint density at radius 3 is 2.53 bits per heavy atom. The Morgan fingerprint density at radius 2 is 1.84 bits per heavy atom. The molecule has 3 aromatic carbocycles. The molecule has 0 atom stereocenters. The Balaban J connectivity index is 1.43. The van der Waals surface area contributed by atoms with Gasteiger partial charge in [0.25, 0.3) is 5.91 Å². The van der Waals surface area contributed by atoms with Crippen molar-refractivity contribution in [2.45, 2.75) is 6.61 Å². The van der Waals surface area contributed by atoms with Gasteiger partial charge in [-0.3, -0.25) is 4.79 Å². The third kappa shape index (κ3) is 5.93. The van der Waals surface area contributed by atoms with Crippen LogP contribution in [0.15, 0.2) is 81.1 Å². The summed E-state index contributed by atoms with van der Waals surface area (Å²) in [5.74, 6) is 1.41. The van der Waals surface area contributed by atoms with E-state index in [1.54, 1.807) is 7.11 Å². The highest BCUT2D eigenvalue weighted by molar-refractivity contribution is 14.1. The first-order valence-electron chi connectivity index (χ1n) is 9.60. The summed E-state index contributed by atoms with van der Waals surface area (Å²) in [5, 5.41) is 3.37. The van der Waals surface area contributed by atoms with Crippen molar-refractivity contribution >= 4 is 73.1 Å². The lowest BCUT2D eigenvalue weighted by atomic mass is 10.2. The number of ether oxygens (including phenoxy) is 2. The van der Waals surface area contributed by atoms with Gasteiger partial charge < -0.3 is 14.8 Å². The fourth-order valence-electron chi connectivity index (χ4n) is 2.87. The fourth-order valence-corrected chi connectivity index (χ4v) is 4.67. The molecular weight excluding hydrogens is 603 g/mol. The standard InChI is InChI=1S/C24H18BrIN2O3S/c1-30-19-9-7-18(8-10-19)27-24-28-23(29)22(32-24)13-16-4-11-21(20(26)12-16)31-14-15-2-5-17(25)6-3-15/h2-13H,14H2,1H3,(H,27,28,29)/b22-13+. The lowest BCUT2D eigenvalue weighted by Gasteiger charge is -2.09. The van der Waals surface area contributed by atoms with Crippen molar-refractivity contribution in [1.29, 1.82) is 0 Å². The number of methoxy groups -OCH3 is 1. The van der Waals surface area contributed by atoms with Crippen LogP contribution in [0.1, 0.15) is 11.1 Å². The molecule has 1 amide bonds. The summed E-state index contributed by atoms with van der Waals surface area (Å²) < 4.78 is 13.1. The third-order valence-electron chi connectivity index (χ3n) is 4.52. The maximum Gasteiger partial charge on any atom is 0.264 e. The number of thioether (sulfide) groups is 1. The van der Waals surface area contributed by atoms with Gasteiger partial charge in [-0.25, -0.2) is 4.99 Å². The van der Waals surface area contributed by atoms with Crippen molar-refractivity contribution in [1.82, 2.24) is 5.32 Å². The molecule has 0 saturated carbocycles. The second kappa shape index (κ2) is 10.5. The van der Waals surface area contributed by atoms with Gasteiger partial charge in [0.15, 0.2) is 5.17 Å². The van der Waals surface area contributed by atoms with E-state index >= 15 is 0 Å². The molecule has 0 aromatic heterocycles. The van der Waals surface area contributed by atoms with Crippen molar-refractivity contribution in [3.8, 4) is 11.5 Å². The highest BCUT2D eigenvalue weighted by Gasteiger charge is 2.23. The highest BCUT2D eigenvalue weighted by atomic mass is 127. The Labute approximate surface area is 212 Å². The number of rotatable bonds is 6. The molecule has 3 aromatic rings. The van der Waals surface area contributed by atoms with Crippen LogP contribution in [-0.2, 0) is 11.4 Å². The molecule has 1 saturated heterocycles. The first-order valence-corrected chi connectivity index (χ1v) is 12.3. The molecule has 0 unspecified atom stereocenters. The van der Waals surface area contributed by atoms with Gasteiger partial charge in [-0.2, -0.15) is 0 Å². The van der Waals surface area contributed by atoms with E-state index in [1.165, 1.54) is 11.8 Å². The summed E-state index contributed by atoms with van der Waals surface area (Å²) in [5.41, 5.74) is 2.77. The maximum atomic E-state index is 12.4. The van der Waals surface area contributed by atoms with Crippen LogP contribution < -0.4 is 14.8 Å². The third-order valence-corrected chi connectivity index (χ3v) is 6.80. The predicted molar refractivity (Wildman–Crippen MR) is 141 cm³/mol. The van der Waals surface area contributed by atoms with Crippen molar-refractivity contribution in [2.24, 2.45) is 4.99 Å². The number of nitrogens with zero attached hydrogens (tertiary/aromatic N) is 1. The van der Waals surface area contributed by atoms with Gasteiger partial charge in [0.1, 0.15) is 18.1 Å². The molecule has 5 nitrogen and oxygen atoms in total. The zero-order valence-electron chi connectivity index (χ0n) is 17.0. The van der Waals surface area contributed by atoms with E-state index in [1.807, 2.05) is 72.8 Å². The SMILES string of the molecule is COc1ccc(N=C2NC(=O)/C(=C\c3ccc(OCc4ccc(Br)cc4)c(I)c3)S2)cc1. The Hall–Kier alpha value is -2.30. The van der Waals surface area contributed by atoms with Gasteiger partial charge in [-0.15, -0.1) is 0 Å². The van der Waals surface area contributed by atoms with E-state index in [-0.39, 0.29) is 5.91 Å². The van der Waals surface area contributed by atoms with Gasteiger partial charge in [0, 0.05) is 4.47 Å². The summed E-state index contributed by atoms with van der Waals surface area (Å²) in [6.45, 7) is 0.493. The summed E-state index contributed by atoms with van der Waals surface area (Å²) in [4.78, 5) is 17.5. The summed E-state index contributed by atoms with van der Waals surface area (Å²) in [6.07, 6.45) is 1.86. The molecule has 4 rings (SSSR count). The van der Waals surface area contributed by atoms with Crippen molar-refractivity contribution < 1.29 is 14.3 Å². The van der Waals surface area contributed by atoms with Crippen LogP contribution >= 0.6 is 50.3 Å². The molecule has 32 heavy (non-hydrogen) atoms. The first kappa shape index (κ1) is 22.9. The van der Waals surface area contributed by atoms with E-state index in [0.29, 0.717) is 16.7 Å². The molecular formula is C24H18BrIN2O3S. The van der Waals surface area contributed by atoms with E-state index in [2.05, 4.69) is 48.8 Å². The number of aliphatic imine (C=N–C) groups is 1. The molecule has 0 radical (unpaired) electrons. The largest absolute Gasteiger partial charge is 0.497 e. The lowest BCUT2D eigenvalue weighted by Crippen LogP contribution is -2.19. The monoisotopic (exact) mass is 620 g/mol. The van der Waals surface area contributed by atoms with Gasteiger partial charge in [-0.1, -0.05) is 34.1 Å². The van der Waals surface area contributed by atoms with Gasteiger partial charge >= 0.3 is 0 Å². The van der Waals surface area contributed by atoms with E-state index < -0.39 is 0 Å². The van der Waals surface area contributed by atoms with Gasteiger partial charge in [0.2, 0.25) is 0 Å². The quantitative estimate of drug-likeness (QED) is 0.251. The Morgan fingerprint density at radius 1 is 1.09 bits per heavy atom. The first-order chi connectivity index (χ1) is 15.5. The molecule has 0 aliphatic carbocycles. The smallest absolute Gasteiger partial charge is 0.264 e. The van der Waals surface area contributed by atoms with Gasteiger partial charge in [-0.05, 0) is 100 Å². The molecule has 1 aliphatic rings. The summed E-state index contributed by atoms with van der Waals surface area (Å²) in [6, 6.07) is 21.3. The average Bonchev–Trinajstić information content (AvgIpc) is 3.13. The zero-order chi connectivity index (χ0) is 22.5. The van der Waals surface area contributed by atoms with Gasteiger partial charge in [0.05, 0.1) is 21.3 Å². The minimum atomic E-state index is -0.159. The van der Waals surface area contributed by atoms with Crippen LogP contribution in [0.5, 0.6) is 11.5 Å². The van der Waals surface area contributed by atoms with Crippen LogP contribution in [0, 0.1) is 3.57 Å². The molecule has 0 spiro atoms. The molecule has 1 N–H and O–H groups in total. The predicted octanol–water partition coefficient (Wildman–Crippen LogP) is 6.53. The molecule has 1 heterocycles. The van der Waals surface area contributed by atoms with E-state index in [0.717, 1.165) is 36.4 Å². The average molecular weight is 621 g/mol. The fraction of sp³-hybridized carbons (Fsp3) is 0.0833. The second-order valence-corrected chi connectivity index (χ2v) is 9.89. The number of nitrogens with one attached hydrogen (secondary N) is 1. The number of halogens is 2. The number of benzene rings is 3. The highest BCUT2D eigenvalue weighted by Crippen LogP contribution is 2.30. The normalized spacial score (nSPS) is 15.8. The number of carbonyl (C=O) groups excluding carboxylic acids is 1. The molecule has 0 bridgehead atoms. The van der Waals surface area contributed by atoms with Crippen molar-refractivity contribution in [3.05, 3.63) is 90.8 Å². The van der Waals surface area contributed by atoms with Crippen LogP contribution in [0.3, 0.4) is 0 Å². The lowest BCUT2D eigenvalue weighted by molar-refractivity contribution is -0.115. The minimum absolute atomic E-state index is 0.159. The molecule has 1 fully saturated rings. The summed E-state index contributed by atoms with van der Waals surface area (Å²) >= 11 is 7.00. The molecule has 162 valence electrons. The number of carbonyl (C=O) groups is 1. The number of amidine groups is 1. The van der Waals surface area contributed by atoms with Crippen LogP contribution in [0.4, 0.5) is 5.69 Å². The Bertz CT molecular complexity index is 1190. The topological polar surface area (TPSA) is 59.9 Å². The van der Waals surface area contributed by atoms with E-state index in [9.17, 15) is 4.79 Å². The number of hydrogen-bond donors (Lipinski definition) is 1.